The van der Waals surface area contributed by atoms with Crippen LogP contribution in [-0.4, -0.2) is 0 Å². The molecule has 0 aliphatic rings. The SMILES string of the molecule is c1ccc(-c2ccccc2-c2ccc(-c3cccc4c3sc3ccccc34)cc2)c(-c2ccc(-c3cccc4c3sc3ccccc34)cc2)c1. The molecule has 0 bridgehead atoms. The molecule has 0 unspecified atom stereocenters. The van der Waals surface area contributed by atoms with Crippen molar-refractivity contribution in [1.29, 1.82) is 0 Å². The molecule has 0 spiro atoms. The summed E-state index contributed by atoms with van der Waals surface area (Å²) in [6.07, 6.45) is 0. The summed E-state index contributed by atoms with van der Waals surface area (Å²) in [5.41, 5.74) is 12.5. The van der Waals surface area contributed by atoms with E-state index in [-0.39, 0.29) is 0 Å². The highest BCUT2D eigenvalue weighted by atomic mass is 32.1. The molecule has 0 saturated carbocycles. The molecule has 234 valence electrons. The number of rotatable bonds is 5. The monoisotopic (exact) mass is 670 g/mol. The topological polar surface area (TPSA) is 0 Å². The van der Waals surface area contributed by atoms with Gasteiger partial charge in [-0.1, -0.05) is 170 Å². The highest BCUT2D eigenvalue weighted by Gasteiger charge is 2.15. The van der Waals surface area contributed by atoms with Gasteiger partial charge in [-0.3, -0.25) is 0 Å². The molecule has 2 heterocycles. The van der Waals surface area contributed by atoms with Gasteiger partial charge in [-0.25, -0.2) is 0 Å². The Kier molecular flexibility index (Phi) is 6.97. The van der Waals surface area contributed by atoms with Crippen molar-refractivity contribution in [2.45, 2.75) is 0 Å². The fourth-order valence-corrected chi connectivity index (χ4v) is 10.0. The summed E-state index contributed by atoms with van der Waals surface area (Å²) in [6.45, 7) is 0. The van der Waals surface area contributed by atoms with E-state index in [4.69, 9.17) is 0 Å². The third-order valence-corrected chi connectivity index (χ3v) is 12.4. The maximum atomic E-state index is 2.28. The number of fused-ring (bicyclic) bond motifs is 6. The first-order chi connectivity index (χ1) is 24.8. The lowest BCUT2D eigenvalue weighted by atomic mass is 9.88. The van der Waals surface area contributed by atoms with Crippen molar-refractivity contribution < 1.29 is 0 Å². The number of hydrogen-bond acceptors (Lipinski definition) is 2. The van der Waals surface area contributed by atoms with Gasteiger partial charge in [0.1, 0.15) is 0 Å². The molecule has 50 heavy (non-hydrogen) atoms. The first kappa shape index (κ1) is 29.1. The molecule has 0 N–H and O–H groups in total. The van der Waals surface area contributed by atoms with Crippen LogP contribution in [0.1, 0.15) is 0 Å². The Morgan fingerprint density at radius 1 is 0.220 bits per heavy atom. The van der Waals surface area contributed by atoms with E-state index < -0.39 is 0 Å². The van der Waals surface area contributed by atoms with Crippen LogP contribution in [0, 0.1) is 0 Å². The van der Waals surface area contributed by atoms with Crippen molar-refractivity contribution in [2.24, 2.45) is 0 Å². The summed E-state index contributed by atoms with van der Waals surface area (Å²) in [5, 5.41) is 5.34. The summed E-state index contributed by atoms with van der Waals surface area (Å²) in [5.74, 6) is 0. The van der Waals surface area contributed by atoms with Gasteiger partial charge in [0, 0.05) is 40.3 Å². The molecule has 2 aromatic heterocycles. The maximum absolute atomic E-state index is 2.28. The van der Waals surface area contributed by atoms with Crippen LogP contribution >= 0.6 is 22.7 Å². The van der Waals surface area contributed by atoms with Gasteiger partial charge in [0.15, 0.2) is 0 Å². The molecule has 0 atom stereocenters. The summed E-state index contributed by atoms with van der Waals surface area (Å²) in [6, 6.07) is 66.7. The van der Waals surface area contributed by atoms with E-state index in [0.29, 0.717) is 0 Å². The molecular weight excluding hydrogens is 641 g/mol. The molecule has 10 rings (SSSR count). The first-order valence-electron chi connectivity index (χ1n) is 17.0. The summed E-state index contributed by atoms with van der Waals surface area (Å²) < 4.78 is 5.37. The third-order valence-electron chi connectivity index (χ3n) is 9.97. The molecule has 8 aromatic carbocycles. The van der Waals surface area contributed by atoms with Gasteiger partial charge in [-0.15, -0.1) is 22.7 Å². The lowest BCUT2D eigenvalue weighted by Crippen LogP contribution is -1.89. The normalized spacial score (nSPS) is 11.6. The average molecular weight is 671 g/mol. The Labute approximate surface area is 299 Å². The molecular formula is C48H30S2. The van der Waals surface area contributed by atoms with Gasteiger partial charge in [-0.05, 0) is 67.8 Å². The van der Waals surface area contributed by atoms with Crippen LogP contribution in [0.25, 0.3) is 96.0 Å². The van der Waals surface area contributed by atoms with Crippen molar-refractivity contribution >= 4 is 63.0 Å². The van der Waals surface area contributed by atoms with E-state index >= 15 is 0 Å². The quantitative estimate of drug-likeness (QED) is 0.171. The van der Waals surface area contributed by atoms with Crippen molar-refractivity contribution in [3.8, 4) is 55.6 Å². The van der Waals surface area contributed by atoms with E-state index in [1.807, 2.05) is 22.7 Å². The molecule has 0 radical (unpaired) electrons. The highest BCUT2D eigenvalue weighted by Crippen LogP contribution is 2.43. The standard InChI is InChI=1S/C48H30S2/c1-3-13-39(35(11-1)31-23-27-33(28-24-31)37-17-9-19-43-41-15-5-7-21-45(41)49-47(37)43)40-14-4-2-12-36(40)32-25-29-34(30-26-32)38-18-10-20-44-42-16-6-8-22-46(42)50-48(38)44/h1-30H. The zero-order valence-corrected chi connectivity index (χ0v) is 28.8. The zero-order valence-electron chi connectivity index (χ0n) is 27.1. The third kappa shape index (κ3) is 4.80. The van der Waals surface area contributed by atoms with Gasteiger partial charge < -0.3 is 0 Å². The van der Waals surface area contributed by atoms with Gasteiger partial charge in [0.25, 0.3) is 0 Å². The van der Waals surface area contributed by atoms with E-state index in [2.05, 4.69) is 182 Å². The van der Waals surface area contributed by atoms with Gasteiger partial charge in [-0.2, -0.15) is 0 Å². The summed E-state index contributed by atoms with van der Waals surface area (Å²) in [4.78, 5) is 0. The summed E-state index contributed by atoms with van der Waals surface area (Å²) >= 11 is 3.77. The van der Waals surface area contributed by atoms with E-state index in [0.717, 1.165) is 0 Å². The van der Waals surface area contributed by atoms with Crippen LogP contribution in [0.2, 0.25) is 0 Å². The molecule has 0 nitrogen and oxygen atoms in total. The Morgan fingerprint density at radius 3 is 0.940 bits per heavy atom. The van der Waals surface area contributed by atoms with Crippen molar-refractivity contribution in [2.75, 3.05) is 0 Å². The second-order valence-corrected chi connectivity index (χ2v) is 14.9. The van der Waals surface area contributed by atoms with Crippen LogP contribution in [0.4, 0.5) is 0 Å². The Bertz CT molecular complexity index is 2650. The lowest BCUT2D eigenvalue weighted by molar-refractivity contribution is 1.56. The molecule has 0 saturated heterocycles. The predicted octanol–water partition coefficient (Wildman–Crippen LogP) is 14.8. The molecule has 10 aromatic rings. The van der Waals surface area contributed by atoms with Crippen molar-refractivity contribution in [1.82, 2.24) is 0 Å². The van der Waals surface area contributed by atoms with Crippen LogP contribution in [0.3, 0.4) is 0 Å². The van der Waals surface area contributed by atoms with Crippen molar-refractivity contribution in [3.05, 3.63) is 182 Å². The largest absolute Gasteiger partial charge is 0.135 e. The number of thiophene rings is 2. The minimum absolute atomic E-state index is 1.22. The van der Waals surface area contributed by atoms with E-state index in [9.17, 15) is 0 Å². The molecule has 0 amide bonds. The number of hydrogen-bond donors (Lipinski definition) is 0. The van der Waals surface area contributed by atoms with Crippen molar-refractivity contribution in [3.63, 3.8) is 0 Å². The first-order valence-corrected chi connectivity index (χ1v) is 18.6. The van der Waals surface area contributed by atoms with E-state index in [1.54, 1.807) is 0 Å². The minimum Gasteiger partial charge on any atom is -0.135 e. The van der Waals surface area contributed by atoms with Crippen LogP contribution in [-0.2, 0) is 0 Å². The smallest absolute Gasteiger partial charge is 0.0433 e. The van der Waals surface area contributed by atoms with E-state index in [1.165, 1.54) is 96.0 Å². The van der Waals surface area contributed by atoms with Crippen LogP contribution < -0.4 is 0 Å². The predicted molar refractivity (Wildman–Crippen MR) is 219 cm³/mol. The number of benzene rings is 8. The second kappa shape index (κ2) is 12.0. The maximum Gasteiger partial charge on any atom is 0.0433 e. The van der Waals surface area contributed by atoms with Gasteiger partial charge >= 0.3 is 0 Å². The second-order valence-electron chi connectivity index (χ2n) is 12.8. The minimum atomic E-state index is 1.22. The van der Waals surface area contributed by atoms with Crippen LogP contribution in [0.15, 0.2) is 182 Å². The highest BCUT2D eigenvalue weighted by molar-refractivity contribution is 7.26. The zero-order chi connectivity index (χ0) is 33.0. The Morgan fingerprint density at radius 2 is 0.520 bits per heavy atom. The van der Waals surface area contributed by atoms with Gasteiger partial charge in [0.2, 0.25) is 0 Å². The molecule has 0 fully saturated rings. The molecule has 0 aliphatic carbocycles. The molecule has 2 heteroatoms. The Balaban J connectivity index is 1.01. The molecule has 0 aliphatic heterocycles. The van der Waals surface area contributed by atoms with Crippen LogP contribution in [0.5, 0.6) is 0 Å². The summed E-state index contributed by atoms with van der Waals surface area (Å²) in [7, 11) is 0. The fraction of sp³-hybridized carbons (Fsp3) is 0. The Hall–Kier alpha value is -5.80. The lowest BCUT2D eigenvalue weighted by Gasteiger charge is -2.15. The fourth-order valence-electron chi connectivity index (χ4n) is 7.55. The van der Waals surface area contributed by atoms with Gasteiger partial charge in [0.05, 0.1) is 0 Å². The average Bonchev–Trinajstić information content (AvgIpc) is 3.77.